The molecule has 0 unspecified atom stereocenters. The minimum Gasteiger partial charge on any atom is -0.490 e. The number of benzene rings is 2. The molecule has 1 aliphatic rings. The summed E-state index contributed by atoms with van der Waals surface area (Å²) in [4.78, 5) is 26.4. The van der Waals surface area contributed by atoms with Crippen LogP contribution in [0, 0.1) is 6.92 Å². The van der Waals surface area contributed by atoms with Crippen LogP contribution in [0.3, 0.4) is 0 Å². The number of hydrogen-bond donors (Lipinski definition) is 2. The Morgan fingerprint density at radius 2 is 1.80 bits per heavy atom. The first kappa shape index (κ1) is 24.2. The molecule has 4 rings (SSSR count). The van der Waals surface area contributed by atoms with Gasteiger partial charge >= 0.3 is 6.18 Å². The van der Waals surface area contributed by atoms with E-state index in [9.17, 15) is 18.0 Å². The molecule has 35 heavy (non-hydrogen) atoms. The summed E-state index contributed by atoms with van der Waals surface area (Å²) in [6.45, 7) is 4.50. The van der Waals surface area contributed by atoms with Crippen LogP contribution in [-0.4, -0.2) is 40.1 Å². The van der Waals surface area contributed by atoms with Crippen LogP contribution >= 0.6 is 0 Å². The Bertz CT molecular complexity index is 1200. The smallest absolute Gasteiger partial charge is 0.416 e. The molecule has 0 radical (unpaired) electrons. The van der Waals surface area contributed by atoms with Gasteiger partial charge < -0.3 is 20.3 Å². The molecule has 8 nitrogen and oxygen atoms in total. The number of alkyl halides is 3. The van der Waals surface area contributed by atoms with Crippen molar-refractivity contribution in [3.63, 3.8) is 0 Å². The normalized spacial score (nSPS) is 14.5. The van der Waals surface area contributed by atoms with Gasteiger partial charge in [0, 0.05) is 44.2 Å². The average molecular weight is 486 g/mol. The van der Waals surface area contributed by atoms with Crippen molar-refractivity contribution >= 4 is 29.2 Å². The molecule has 2 heterocycles. The van der Waals surface area contributed by atoms with Crippen molar-refractivity contribution in [2.45, 2.75) is 39.0 Å². The van der Waals surface area contributed by atoms with Crippen molar-refractivity contribution in [1.82, 2.24) is 15.0 Å². The van der Waals surface area contributed by atoms with E-state index >= 15 is 0 Å². The average Bonchev–Trinajstić information content (AvgIpc) is 2.82. The third-order valence-corrected chi connectivity index (χ3v) is 5.64. The SMILES string of the molecule is CC(=O)Nc1cccc(Nc2ncnc(N3CCC(Oc4cccc(C(F)(F)F)c4)CC3)n2)c1C. The molecule has 1 amide bonds. The number of nitrogens with zero attached hydrogens (tertiary/aromatic N) is 4. The standard InChI is InChI=1S/C24H25F3N6O2/c1-15-20(30-16(2)34)7-4-8-21(15)31-22-28-14-29-23(32-22)33-11-9-18(10-12-33)35-19-6-3-5-17(13-19)24(25,26)27/h3-8,13-14,18H,9-12H2,1-2H3,(H,30,34)(H,28,29,31,32). The van der Waals surface area contributed by atoms with Crippen molar-refractivity contribution in [1.29, 1.82) is 0 Å². The number of amides is 1. The van der Waals surface area contributed by atoms with Crippen LogP contribution in [0.15, 0.2) is 48.8 Å². The van der Waals surface area contributed by atoms with E-state index in [1.807, 2.05) is 30.0 Å². The molecule has 0 aliphatic carbocycles. The molecule has 3 aromatic rings. The summed E-state index contributed by atoms with van der Waals surface area (Å²) in [5.41, 5.74) is 1.56. The van der Waals surface area contributed by atoms with Gasteiger partial charge in [-0.05, 0) is 42.8 Å². The molecular weight excluding hydrogens is 461 g/mol. The van der Waals surface area contributed by atoms with E-state index in [0.717, 1.165) is 23.4 Å². The fourth-order valence-electron chi connectivity index (χ4n) is 3.83. The molecule has 0 spiro atoms. The molecule has 1 aliphatic heterocycles. The van der Waals surface area contributed by atoms with Crippen LogP contribution in [0.5, 0.6) is 5.75 Å². The van der Waals surface area contributed by atoms with Crippen molar-refractivity contribution in [2.24, 2.45) is 0 Å². The minimum atomic E-state index is -4.41. The molecule has 2 N–H and O–H groups in total. The molecule has 2 aromatic carbocycles. The topological polar surface area (TPSA) is 92.3 Å². The lowest BCUT2D eigenvalue weighted by atomic mass is 10.1. The van der Waals surface area contributed by atoms with Gasteiger partial charge in [-0.3, -0.25) is 4.79 Å². The second-order valence-corrected chi connectivity index (χ2v) is 8.22. The van der Waals surface area contributed by atoms with Gasteiger partial charge in [0.15, 0.2) is 0 Å². The minimum absolute atomic E-state index is 0.159. The molecule has 1 saturated heterocycles. The lowest BCUT2D eigenvalue weighted by Gasteiger charge is -2.32. The number of halogens is 3. The first-order valence-electron chi connectivity index (χ1n) is 11.1. The highest BCUT2D eigenvalue weighted by molar-refractivity contribution is 5.90. The van der Waals surface area contributed by atoms with Crippen molar-refractivity contribution < 1.29 is 22.7 Å². The number of nitrogens with one attached hydrogen (secondary N) is 2. The molecule has 1 aromatic heterocycles. The maximum Gasteiger partial charge on any atom is 0.416 e. The van der Waals surface area contributed by atoms with Crippen molar-refractivity contribution in [2.75, 3.05) is 28.6 Å². The Hall–Kier alpha value is -3.89. The first-order chi connectivity index (χ1) is 16.7. The Morgan fingerprint density at radius 3 is 2.51 bits per heavy atom. The Kier molecular flexibility index (Phi) is 7.04. The number of carbonyl (C=O) groups is 1. The van der Waals surface area contributed by atoms with E-state index in [2.05, 4.69) is 25.6 Å². The highest BCUT2D eigenvalue weighted by atomic mass is 19.4. The maximum absolute atomic E-state index is 12.9. The van der Waals surface area contributed by atoms with Gasteiger partial charge in [-0.15, -0.1) is 0 Å². The van der Waals surface area contributed by atoms with E-state index in [4.69, 9.17) is 4.74 Å². The first-order valence-corrected chi connectivity index (χ1v) is 11.1. The van der Waals surface area contributed by atoms with Gasteiger partial charge in [0.05, 0.1) is 5.56 Å². The van der Waals surface area contributed by atoms with Crippen LogP contribution in [0.4, 0.5) is 36.4 Å². The Labute approximate surface area is 200 Å². The summed E-state index contributed by atoms with van der Waals surface area (Å²) in [6.07, 6.45) is -1.96. The summed E-state index contributed by atoms with van der Waals surface area (Å²) in [5.74, 6) is 0.908. The zero-order valence-electron chi connectivity index (χ0n) is 19.3. The highest BCUT2D eigenvalue weighted by Gasteiger charge is 2.31. The van der Waals surface area contributed by atoms with Gasteiger partial charge in [0.25, 0.3) is 0 Å². The fraction of sp³-hybridized carbons (Fsp3) is 0.333. The zero-order chi connectivity index (χ0) is 25.0. The fourth-order valence-corrected chi connectivity index (χ4v) is 3.83. The van der Waals surface area contributed by atoms with Crippen molar-refractivity contribution in [3.05, 3.63) is 59.9 Å². The number of anilines is 4. The quantitative estimate of drug-likeness (QED) is 0.509. The van der Waals surface area contributed by atoms with E-state index in [-0.39, 0.29) is 17.8 Å². The van der Waals surface area contributed by atoms with Gasteiger partial charge in [0.2, 0.25) is 17.8 Å². The van der Waals surface area contributed by atoms with Crippen LogP contribution < -0.4 is 20.3 Å². The number of hydrogen-bond acceptors (Lipinski definition) is 7. The third kappa shape index (κ3) is 6.17. The number of rotatable bonds is 6. The molecule has 11 heteroatoms. The van der Waals surface area contributed by atoms with E-state index in [0.29, 0.717) is 43.5 Å². The lowest BCUT2D eigenvalue weighted by molar-refractivity contribution is -0.137. The second-order valence-electron chi connectivity index (χ2n) is 8.22. The lowest BCUT2D eigenvalue weighted by Crippen LogP contribution is -2.39. The molecule has 184 valence electrons. The molecule has 0 saturated carbocycles. The number of aromatic nitrogens is 3. The summed E-state index contributed by atoms with van der Waals surface area (Å²) < 4.78 is 44.6. The van der Waals surface area contributed by atoms with E-state index in [1.54, 1.807) is 0 Å². The Balaban J connectivity index is 1.38. The maximum atomic E-state index is 12.9. The van der Waals surface area contributed by atoms with Crippen LogP contribution in [0.2, 0.25) is 0 Å². The largest absolute Gasteiger partial charge is 0.490 e. The Morgan fingerprint density at radius 1 is 1.09 bits per heavy atom. The molecular formula is C24H25F3N6O2. The summed E-state index contributed by atoms with van der Waals surface area (Å²) in [7, 11) is 0. The summed E-state index contributed by atoms with van der Waals surface area (Å²) >= 11 is 0. The highest BCUT2D eigenvalue weighted by Crippen LogP contribution is 2.32. The van der Waals surface area contributed by atoms with E-state index < -0.39 is 11.7 Å². The predicted molar refractivity (Wildman–Crippen MR) is 126 cm³/mol. The molecule has 1 fully saturated rings. The third-order valence-electron chi connectivity index (χ3n) is 5.64. The van der Waals surface area contributed by atoms with Crippen LogP contribution in [0.25, 0.3) is 0 Å². The zero-order valence-corrected chi connectivity index (χ0v) is 19.3. The van der Waals surface area contributed by atoms with Gasteiger partial charge in [-0.25, -0.2) is 9.97 Å². The monoisotopic (exact) mass is 486 g/mol. The number of ether oxygens (including phenoxy) is 1. The number of piperidine rings is 1. The van der Waals surface area contributed by atoms with Crippen LogP contribution in [0.1, 0.15) is 30.9 Å². The van der Waals surface area contributed by atoms with Gasteiger partial charge in [-0.2, -0.15) is 18.2 Å². The van der Waals surface area contributed by atoms with Crippen LogP contribution in [-0.2, 0) is 11.0 Å². The van der Waals surface area contributed by atoms with E-state index in [1.165, 1.54) is 25.4 Å². The van der Waals surface area contributed by atoms with Gasteiger partial charge in [-0.1, -0.05) is 12.1 Å². The molecule has 0 bridgehead atoms. The second kappa shape index (κ2) is 10.2. The molecule has 0 atom stereocenters. The van der Waals surface area contributed by atoms with Gasteiger partial charge in [0.1, 0.15) is 18.2 Å². The number of carbonyl (C=O) groups excluding carboxylic acids is 1. The summed E-state index contributed by atoms with van der Waals surface area (Å²) in [5, 5.41) is 5.95. The predicted octanol–water partition coefficient (Wildman–Crippen LogP) is 4.95. The summed E-state index contributed by atoms with van der Waals surface area (Å²) in [6, 6.07) is 10.4. The van der Waals surface area contributed by atoms with Crippen molar-refractivity contribution in [3.8, 4) is 5.75 Å².